The van der Waals surface area contributed by atoms with E-state index >= 15 is 0 Å². The van der Waals surface area contributed by atoms with E-state index in [0.29, 0.717) is 30.2 Å². The Bertz CT molecular complexity index is 620. The third-order valence-corrected chi connectivity index (χ3v) is 3.01. The molecule has 0 saturated carbocycles. The van der Waals surface area contributed by atoms with Crippen molar-refractivity contribution < 1.29 is 5.11 Å². The zero-order valence-electron chi connectivity index (χ0n) is 12.5. The van der Waals surface area contributed by atoms with Gasteiger partial charge < -0.3 is 15.7 Å². The van der Waals surface area contributed by atoms with E-state index in [4.69, 9.17) is 11.1 Å². The summed E-state index contributed by atoms with van der Waals surface area (Å²) in [6.45, 7) is 3.14. The number of amidine groups is 1. The number of phenolic OH excluding ortho intramolecular Hbond substituents is 1. The van der Waals surface area contributed by atoms with Gasteiger partial charge in [0.1, 0.15) is 17.2 Å². The van der Waals surface area contributed by atoms with E-state index in [0.717, 1.165) is 5.71 Å². The fourth-order valence-electron chi connectivity index (χ4n) is 2.02. The van der Waals surface area contributed by atoms with Gasteiger partial charge in [-0.15, -0.1) is 0 Å². The van der Waals surface area contributed by atoms with Crippen LogP contribution in [0.15, 0.2) is 28.3 Å². The topological polar surface area (TPSA) is 101 Å². The second-order valence-corrected chi connectivity index (χ2v) is 5.05. The molecule has 2 rings (SSSR count). The van der Waals surface area contributed by atoms with Crippen LogP contribution in [0.3, 0.4) is 0 Å². The minimum Gasteiger partial charge on any atom is -0.508 e. The Balaban J connectivity index is 2.41. The number of nitrogens with one attached hydrogen (secondary N) is 1. The van der Waals surface area contributed by atoms with Gasteiger partial charge in [0, 0.05) is 19.2 Å². The van der Waals surface area contributed by atoms with Crippen molar-refractivity contribution in [2.75, 3.05) is 32.9 Å². The number of anilines is 1. The quantitative estimate of drug-likeness (QED) is 0.726. The van der Waals surface area contributed by atoms with Crippen LogP contribution in [0.2, 0.25) is 0 Å². The molecule has 0 aliphatic carbocycles. The number of aliphatic imine (C=N–C) groups is 1. The molecule has 1 aliphatic heterocycles. The number of nitrogens with two attached hydrogens (primary N) is 1. The minimum atomic E-state index is 0.0929. The SMILES string of the molecule is CCN1N=C(CN(C)C)C(=Nc2ccc(O)cc2N)C1=N. The monoisotopic (exact) mass is 288 g/mol. The lowest BCUT2D eigenvalue weighted by molar-refractivity contribution is 0.455. The van der Waals surface area contributed by atoms with Crippen LogP contribution in [0, 0.1) is 5.41 Å². The van der Waals surface area contributed by atoms with Crippen molar-refractivity contribution in [3.05, 3.63) is 18.2 Å². The van der Waals surface area contributed by atoms with Crippen molar-refractivity contribution in [1.82, 2.24) is 9.91 Å². The summed E-state index contributed by atoms with van der Waals surface area (Å²) >= 11 is 0. The van der Waals surface area contributed by atoms with Crippen LogP contribution >= 0.6 is 0 Å². The molecule has 0 amide bonds. The Labute approximate surface area is 123 Å². The Morgan fingerprint density at radius 3 is 2.71 bits per heavy atom. The standard InChI is InChI=1S/C14H20N6O/c1-4-20-14(16)13(12(18-20)8-19(2)3)17-11-6-5-9(21)7-10(11)15/h5-7,16,21H,4,8,15H2,1-3H3. The molecule has 0 aromatic heterocycles. The van der Waals surface area contributed by atoms with Crippen LogP contribution in [0.25, 0.3) is 0 Å². The number of hydrogen-bond donors (Lipinski definition) is 3. The molecule has 7 heteroatoms. The lowest BCUT2D eigenvalue weighted by atomic mass is 10.2. The summed E-state index contributed by atoms with van der Waals surface area (Å²) in [5.41, 5.74) is 8.00. The van der Waals surface area contributed by atoms with Gasteiger partial charge in [-0.2, -0.15) is 5.10 Å². The second kappa shape index (κ2) is 5.92. The predicted molar refractivity (Wildman–Crippen MR) is 85.7 cm³/mol. The van der Waals surface area contributed by atoms with E-state index in [-0.39, 0.29) is 11.6 Å². The molecule has 0 spiro atoms. The maximum atomic E-state index is 9.39. The lowest BCUT2D eigenvalue weighted by Gasteiger charge is -2.10. The molecule has 4 N–H and O–H groups in total. The molecular formula is C14H20N6O. The molecule has 0 atom stereocenters. The minimum absolute atomic E-state index is 0.0929. The third-order valence-electron chi connectivity index (χ3n) is 3.01. The van der Waals surface area contributed by atoms with Crippen LogP contribution in [-0.2, 0) is 0 Å². The average molecular weight is 288 g/mol. The molecular weight excluding hydrogens is 268 g/mol. The van der Waals surface area contributed by atoms with Gasteiger partial charge in [0.2, 0.25) is 0 Å². The van der Waals surface area contributed by atoms with Crippen molar-refractivity contribution in [2.24, 2.45) is 10.1 Å². The van der Waals surface area contributed by atoms with Crippen molar-refractivity contribution in [3.8, 4) is 5.75 Å². The summed E-state index contributed by atoms with van der Waals surface area (Å²) in [5, 5.41) is 23.6. The summed E-state index contributed by atoms with van der Waals surface area (Å²) in [6.07, 6.45) is 0. The number of rotatable bonds is 4. The van der Waals surface area contributed by atoms with Crippen molar-refractivity contribution in [3.63, 3.8) is 0 Å². The molecule has 21 heavy (non-hydrogen) atoms. The van der Waals surface area contributed by atoms with E-state index in [9.17, 15) is 5.11 Å². The van der Waals surface area contributed by atoms with Gasteiger partial charge in [-0.3, -0.25) is 5.41 Å². The fraction of sp³-hybridized carbons (Fsp3) is 0.357. The highest BCUT2D eigenvalue weighted by molar-refractivity contribution is 6.70. The molecule has 7 nitrogen and oxygen atoms in total. The molecule has 1 heterocycles. The number of hydrogen-bond acceptors (Lipinski definition) is 6. The first-order chi connectivity index (χ1) is 9.92. The maximum absolute atomic E-state index is 9.39. The Hall–Kier alpha value is -2.41. The zero-order valence-corrected chi connectivity index (χ0v) is 12.5. The van der Waals surface area contributed by atoms with E-state index in [1.165, 1.54) is 12.1 Å². The molecule has 0 saturated heterocycles. The summed E-state index contributed by atoms with van der Waals surface area (Å²) in [4.78, 5) is 6.44. The van der Waals surface area contributed by atoms with Gasteiger partial charge in [0.05, 0.1) is 11.4 Å². The molecule has 1 aromatic rings. The number of nitrogens with zero attached hydrogens (tertiary/aromatic N) is 4. The van der Waals surface area contributed by atoms with Gasteiger partial charge >= 0.3 is 0 Å². The molecule has 1 aromatic carbocycles. The smallest absolute Gasteiger partial charge is 0.169 e. The first-order valence-electron chi connectivity index (χ1n) is 6.68. The number of hydrazone groups is 1. The summed E-state index contributed by atoms with van der Waals surface area (Å²) in [6, 6.07) is 4.60. The second-order valence-electron chi connectivity index (χ2n) is 5.05. The van der Waals surface area contributed by atoms with E-state index in [1.54, 1.807) is 11.1 Å². The number of benzene rings is 1. The van der Waals surface area contributed by atoms with Crippen molar-refractivity contribution in [1.29, 1.82) is 5.41 Å². The average Bonchev–Trinajstić information content (AvgIpc) is 2.69. The predicted octanol–water partition coefficient (Wildman–Crippen LogP) is 1.28. The molecule has 0 radical (unpaired) electrons. The molecule has 0 bridgehead atoms. The fourth-order valence-corrected chi connectivity index (χ4v) is 2.02. The number of aromatic hydroxyl groups is 1. The van der Waals surface area contributed by atoms with Gasteiger partial charge in [0.15, 0.2) is 5.84 Å². The third kappa shape index (κ3) is 3.19. The van der Waals surface area contributed by atoms with Crippen LogP contribution in [0.5, 0.6) is 5.75 Å². The number of phenols is 1. The van der Waals surface area contributed by atoms with E-state index in [1.807, 2.05) is 25.9 Å². The Morgan fingerprint density at radius 2 is 2.14 bits per heavy atom. The van der Waals surface area contributed by atoms with E-state index in [2.05, 4.69) is 10.1 Å². The van der Waals surface area contributed by atoms with Gasteiger partial charge in [0.25, 0.3) is 0 Å². The summed E-state index contributed by atoms with van der Waals surface area (Å²) in [5.74, 6) is 0.358. The Kier molecular flexibility index (Phi) is 4.23. The first kappa shape index (κ1) is 15.0. The molecule has 0 unspecified atom stereocenters. The highest BCUT2D eigenvalue weighted by atomic mass is 16.3. The molecule has 1 aliphatic rings. The summed E-state index contributed by atoms with van der Waals surface area (Å²) < 4.78 is 0. The first-order valence-corrected chi connectivity index (χ1v) is 6.68. The normalized spacial score (nSPS) is 17.0. The Morgan fingerprint density at radius 1 is 1.43 bits per heavy atom. The van der Waals surface area contributed by atoms with Gasteiger partial charge in [-0.25, -0.2) is 10.0 Å². The molecule has 0 fully saturated rings. The highest BCUT2D eigenvalue weighted by Crippen LogP contribution is 2.27. The maximum Gasteiger partial charge on any atom is 0.169 e. The van der Waals surface area contributed by atoms with Gasteiger partial charge in [-0.1, -0.05) is 0 Å². The largest absolute Gasteiger partial charge is 0.508 e. The van der Waals surface area contributed by atoms with Gasteiger partial charge in [-0.05, 0) is 33.2 Å². The van der Waals surface area contributed by atoms with Crippen LogP contribution < -0.4 is 5.73 Å². The van der Waals surface area contributed by atoms with Crippen LogP contribution in [-0.4, -0.2) is 59.5 Å². The molecule has 112 valence electrons. The van der Waals surface area contributed by atoms with Crippen molar-refractivity contribution >= 4 is 28.6 Å². The van der Waals surface area contributed by atoms with Crippen LogP contribution in [0.4, 0.5) is 11.4 Å². The highest BCUT2D eigenvalue weighted by Gasteiger charge is 2.27. The summed E-state index contributed by atoms with van der Waals surface area (Å²) in [7, 11) is 3.88. The van der Waals surface area contributed by atoms with E-state index < -0.39 is 0 Å². The zero-order chi connectivity index (χ0) is 15.6. The lowest BCUT2D eigenvalue weighted by Crippen LogP contribution is -2.31. The van der Waals surface area contributed by atoms with Crippen LogP contribution in [0.1, 0.15) is 6.92 Å². The number of nitrogen functional groups attached to an aromatic ring is 1. The van der Waals surface area contributed by atoms with Crippen molar-refractivity contribution in [2.45, 2.75) is 6.92 Å².